The summed E-state index contributed by atoms with van der Waals surface area (Å²) in [5, 5.41) is 34.1. The molecule has 10 atom stereocenters. The highest BCUT2D eigenvalue weighted by Crippen LogP contribution is 2.42. The van der Waals surface area contributed by atoms with Gasteiger partial charge < -0.3 is 43.4 Å². The van der Waals surface area contributed by atoms with E-state index in [0.717, 1.165) is 97.2 Å². The Morgan fingerprint density at radius 3 is 0.562 bits per heavy atom. The molecule has 4 saturated carbocycles. The number of aliphatic carboxylic acids is 4. The lowest BCUT2D eigenvalue weighted by Gasteiger charge is -2.34. The fraction of sp³-hybridized carbons (Fsp3) is 0.952. The van der Waals surface area contributed by atoms with Crippen LogP contribution >= 0.6 is 0 Å². The first-order chi connectivity index (χ1) is 46.3. The minimum Gasteiger partial charge on any atom is -0.481 e. The van der Waals surface area contributed by atoms with E-state index in [9.17, 15) is 19.2 Å². The molecule has 0 amide bonds. The molecule has 4 fully saturated rings. The van der Waals surface area contributed by atoms with Crippen molar-refractivity contribution in [1.82, 2.24) is 0 Å². The van der Waals surface area contributed by atoms with E-state index in [1.165, 1.54) is 334 Å². The van der Waals surface area contributed by atoms with E-state index in [1.807, 2.05) is 0 Å². The molecule has 4 aliphatic carbocycles. The van der Waals surface area contributed by atoms with Gasteiger partial charge in [0.1, 0.15) is 0 Å². The number of rotatable bonds is 51. The van der Waals surface area contributed by atoms with Crippen LogP contribution in [0.15, 0.2) is 0 Å². The van der Waals surface area contributed by atoms with Crippen molar-refractivity contribution >= 4 is 23.9 Å². The van der Waals surface area contributed by atoms with Crippen LogP contribution in [-0.4, -0.2) is 70.5 Å². The van der Waals surface area contributed by atoms with Crippen LogP contribution in [0.2, 0.25) is 0 Å². The Hall–Kier alpha value is -2.28. The van der Waals surface area contributed by atoms with Crippen molar-refractivity contribution in [3.05, 3.63) is 0 Å². The summed E-state index contributed by atoms with van der Waals surface area (Å²) in [6, 6.07) is 0. The molecule has 10 unspecified atom stereocenters. The van der Waals surface area contributed by atoms with Crippen LogP contribution in [0.25, 0.3) is 0 Å². The summed E-state index contributed by atoms with van der Waals surface area (Å²) >= 11 is 0. The maximum absolute atomic E-state index is 10.6. The monoisotopic (exact) mass is 1360 g/mol. The number of carbonyl (C=O) groups is 4. The van der Waals surface area contributed by atoms with Crippen molar-refractivity contribution in [1.29, 1.82) is 0 Å². The third-order valence-electron chi connectivity index (χ3n) is 23.3. The molecule has 0 saturated heterocycles. The van der Waals surface area contributed by atoms with Crippen LogP contribution in [0.1, 0.15) is 402 Å². The van der Waals surface area contributed by atoms with Crippen LogP contribution in [0, 0.1) is 82.9 Å². The Kier molecular flexibility index (Phi) is 63.3. The Labute approximate surface area is 594 Å². The molecular weight excluding hydrogens is 1190 g/mol. The van der Waals surface area contributed by atoms with Gasteiger partial charge in [-0.1, -0.05) is 338 Å². The highest BCUT2D eigenvalue weighted by Gasteiger charge is 2.37. The minimum absolute atomic E-state index is 0.873. The lowest BCUT2D eigenvalue weighted by Crippen LogP contribution is -2.33. The lowest BCUT2D eigenvalue weighted by atomic mass is 9.71. The van der Waals surface area contributed by atoms with E-state index in [2.05, 4.69) is 55.4 Å². The van der Waals surface area contributed by atoms with Gasteiger partial charge in [0.25, 0.3) is 0 Å². The van der Waals surface area contributed by atoms with Crippen LogP contribution in [0.4, 0.5) is 0 Å². The van der Waals surface area contributed by atoms with E-state index in [0.29, 0.717) is 0 Å². The maximum Gasteiger partial charge on any atom is 0.307 e. The first-order valence-corrected chi connectivity index (χ1v) is 42.0. The van der Waals surface area contributed by atoms with E-state index in [4.69, 9.17) is 43.4 Å². The molecule has 0 bridgehead atoms. The summed E-state index contributed by atoms with van der Waals surface area (Å²) in [5.74, 6) is 2.14. The zero-order valence-electron chi connectivity index (χ0n) is 64.8. The van der Waals surface area contributed by atoms with Gasteiger partial charge in [0.2, 0.25) is 0 Å². The molecular formula is C84H166N4O8. The number of nitrogens with two attached hydrogens (primary N) is 4. The van der Waals surface area contributed by atoms with Gasteiger partial charge in [0.15, 0.2) is 0 Å². The Morgan fingerprint density at radius 2 is 0.417 bits per heavy atom. The molecule has 4 aliphatic rings. The summed E-state index contributed by atoms with van der Waals surface area (Å²) in [6.45, 7) is 23.0. The molecule has 0 radical (unpaired) electrons. The normalized spacial score (nSPS) is 21.8. The molecule has 12 N–H and O–H groups in total. The Balaban J connectivity index is 0.00000118. The van der Waals surface area contributed by atoms with Crippen molar-refractivity contribution in [2.75, 3.05) is 26.2 Å². The van der Waals surface area contributed by atoms with Crippen molar-refractivity contribution in [2.24, 2.45) is 106 Å². The van der Waals surface area contributed by atoms with Crippen molar-refractivity contribution in [3.63, 3.8) is 0 Å². The molecule has 0 aliphatic heterocycles. The molecule has 0 aromatic rings. The van der Waals surface area contributed by atoms with E-state index in [1.54, 1.807) is 0 Å². The van der Waals surface area contributed by atoms with Gasteiger partial charge in [-0.05, 0) is 149 Å². The lowest BCUT2D eigenvalue weighted by molar-refractivity contribution is -0.160. The van der Waals surface area contributed by atoms with Crippen molar-refractivity contribution in [3.8, 4) is 0 Å². The molecule has 12 nitrogen and oxygen atoms in total. The molecule has 12 heteroatoms. The van der Waals surface area contributed by atoms with Crippen molar-refractivity contribution in [2.45, 2.75) is 402 Å². The predicted octanol–water partition coefficient (Wildman–Crippen LogP) is 23.0. The average molecular weight is 1360 g/mol. The molecule has 0 aromatic carbocycles. The summed E-state index contributed by atoms with van der Waals surface area (Å²) in [6.07, 6.45) is 73.2. The zero-order valence-corrected chi connectivity index (χ0v) is 64.8. The second-order valence-corrected chi connectivity index (χ2v) is 32.5. The van der Waals surface area contributed by atoms with Crippen LogP contribution in [0.3, 0.4) is 0 Å². The Morgan fingerprint density at radius 1 is 0.260 bits per heavy atom. The fourth-order valence-corrected chi connectivity index (χ4v) is 17.5. The van der Waals surface area contributed by atoms with Crippen LogP contribution in [-0.2, 0) is 19.2 Å². The van der Waals surface area contributed by atoms with E-state index >= 15 is 0 Å². The first kappa shape index (κ1) is 93.7. The number of hydrogen-bond donors (Lipinski definition) is 8. The van der Waals surface area contributed by atoms with Crippen LogP contribution in [0.5, 0.6) is 0 Å². The maximum atomic E-state index is 10.6. The van der Waals surface area contributed by atoms with Gasteiger partial charge in [0, 0.05) is 0 Å². The molecule has 96 heavy (non-hydrogen) atoms. The summed E-state index contributed by atoms with van der Waals surface area (Å²) in [7, 11) is 0. The van der Waals surface area contributed by atoms with Gasteiger partial charge in [-0.2, -0.15) is 0 Å². The fourth-order valence-electron chi connectivity index (χ4n) is 17.5. The second kappa shape index (κ2) is 64.8. The van der Waals surface area contributed by atoms with E-state index < -0.39 is 48.6 Å². The average Bonchev–Trinajstić information content (AvgIpc) is 1.88. The number of hydrogen-bond acceptors (Lipinski definition) is 8. The summed E-state index contributed by atoms with van der Waals surface area (Å²) < 4.78 is 0. The minimum atomic E-state index is -1.76. The van der Waals surface area contributed by atoms with Gasteiger partial charge in [-0.3, -0.25) is 19.2 Å². The second-order valence-electron chi connectivity index (χ2n) is 32.5. The Bertz CT molecular complexity index is 1550. The van der Waals surface area contributed by atoms with E-state index in [-0.39, 0.29) is 0 Å². The standard InChI is InChI=1S/4C19H39N.C8H10O8/c4*1-17(2)19-15-11-10-14-18(19)13-9-7-5-3-4-6-8-12-16-20;9-5(10)1-3(7(13)14)4(8(15)16)2-6(11)12/h4*17-19H,3-16,20H2,1-2H3;3-4H,1-2H2,(H,9,10)(H,11,12)(H,13,14)(H,15,16). The molecule has 0 spiro atoms. The van der Waals surface area contributed by atoms with Crippen molar-refractivity contribution < 1.29 is 39.6 Å². The zero-order chi connectivity index (χ0) is 71.4. The summed E-state index contributed by atoms with van der Waals surface area (Å²) in [5.41, 5.74) is 22.0. The topological polar surface area (TPSA) is 253 Å². The third kappa shape index (κ3) is 51.0. The number of unbranched alkanes of at least 4 members (excludes halogenated alkanes) is 28. The molecule has 0 aromatic heterocycles. The van der Waals surface area contributed by atoms with Crippen LogP contribution < -0.4 is 22.9 Å². The number of carboxylic acids is 4. The predicted molar refractivity (Wildman–Crippen MR) is 410 cm³/mol. The molecule has 0 heterocycles. The molecule has 4 rings (SSSR count). The highest BCUT2D eigenvalue weighted by atomic mass is 16.4. The third-order valence-corrected chi connectivity index (χ3v) is 23.3. The number of carboxylic acid groups (broad SMARTS) is 4. The SMILES string of the molecule is CC(C)C1CCCCC1CCCCCCCCCCN.CC(C)C1CCCCC1CCCCCCCCCCN.CC(C)C1CCCCC1CCCCCCCCCCN.CC(C)C1CCCCC1CCCCCCCCCCN.O=C(O)CC(C(=O)O)C(CC(=O)O)C(=O)O. The molecule has 570 valence electrons. The highest BCUT2D eigenvalue weighted by molar-refractivity contribution is 5.86. The summed E-state index contributed by atoms with van der Waals surface area (Å²) in [4.78, 5) is 41.9. The van der Waals surface area contributed by atoms with Gasteiger partial charge >= 0.3 is 23.9 Å². The van der Waals surface area contributed by atoms with Gasteiger partial charge in [-0.25, -0.2) is 0 Å². The quantitative estimate of drug-likeness (QED) is 0.0265. The van der Waals surface area contributed by atoms with Gasteiger partial charge in [-0.15, -0.1) is 0 Å². The first-order valence-electron chi connectivity index (χ1n) is 42.0. The smallest absolute Gasteiger partial charge is 0.307 e. The largest absolute Gasteiger partial charge is 0.481 e. The van der Waals surface area contributed by atoms with Gasteiger partial charge in [0.05, 0.1) is 24.7 Å².